The van der Waals surface area contributed by atoms with Crippen molar-refractivity contribution in [3.8, 4) is 5.75 Å². The number of carbonyl (C=O) groups excluding carboxylic acids is 2. The number of hydrogen-bond donors (Lipinski definition) is 1. The van der Waals surface area contributed by atoms with Crippen molar-refractivity contribution in [2.75, 3.05) is 19.0 Å². The molecule has 152 valence electrons. The molecule has 1 heterocycles. The number of anilines is 1. The highest BCUT2D eigenvalue weighted by Gasteiger charge is 2.34. The summed E-state index contributed by atoms with van der Waals surface area (Å²) < 4.78 is 5.45. The van der Waals surface area contributed by atoms with E-state index in [1.165, 1.54) is 16.7 Å². The first-order chi connectivity index (χ1) is 13.9. The van der Waals surface area contributed by atoms with Gasteiger partial charge in [-0.1, -0.05) is 41.0 Å². The number of rotatable bonds is 5. The van der Waals surface area contributed by atoms with E-state index >= 15 is 0 Å². The molecule has 2 amide bonds. The number of thioether (sulfide) groups is 1. The number of carbonyl (C=O) groups is 2. The highest BCUT2D eigenvalue weighted by Crippen LogP contribution is 2.31. The van der Waals surface area contributed by atoms with Crippen molar-refractivity contribution < 1.29 is 14.3 Å². The third kappa shape index (κ3) is 5.65. The van der Waals surface area contributed by atoms with Crippen LogP contribution in [0.5, 0.6) is 5.75 Å². The Labute approximate surface area is 183 Å². The number of amides is 2. The van der Waals surface area contributed by atoms with E-state index in [-0.39, 0.29) is 18.2 Å². The van der Waals surface area contributed by atoms with E-state index in [4.69, 9.17) is 27.9 Å². The molecule has 0 saturated carbocycles. The Morgan fingerprint density at radius 3 is 2.69 bits per heavy atom. The van der Waals surface area contributed by atoms with Crippen molar-refractivity contribution in [3.63, 3.8) is 0 Å². The first-order valence-corrected chi connectivity index (χ1v) is 10.5. The van der Waals surface area contributed by atoms with Gasteiger partial charge in [0.15, 0.2) is 5.17 Å². The minimum Gasteiger partial charge on any atom is -0.494 e. The third-order valence-electron chi connectivity index (χ3n) is 4.05. The van der Waals surface area contributed by atoms with Gasteiger partial charge in [-0.2, -0.15) is 0 Å². The van der Waals surface area contributed by atoms with Crippen LogP contribution in [0.3, 0.4) is 0 Å². The number of aliphatic imine (C=N–C) groups is 1. The minimum absolute atomic E-state index is 0.0769. The van der Waals surface area contributed by atoms with Crippen LogP contribution in [0.4, 0.5) is 11.4 Å². The van der Waals surface area contributed by atoms with Gasteiger partial charge in [-0.05, 0) is 37.3 Å². The van der Waals surface area contributed by atoms with Crippen LogP contribution in [-0.2, 0) is 9.59 Å². The maximum Gasteiger partial charge on any atom is 0.238 e. The molecule has 1 unspecified atom stereocenters. The Morgan fingerprint density at radius 1 is 1.28 bits per heavy atom. The molecule has 0 aliphatic carbocycles. The molecule has 29 heavy (non-hydrogen) atoms. The van der Waals surface area contributed by atoms with Crippen molar-refractivity contribution in [2.45, 2.75) is 18.6 Å². The minimum atomic E-state index is -0.608. The van der Waals surface area contributed by atoms with Gasteiger partial charge >= 0.3 is 0 Å². The van der Waals surface area contributed by atoms with Crippen molar-refractivity contribution >= 4 is 63.3 Å². The molecule has 2 aromatic carbocycles. The summed E-state index contributed by atoms with van der Waals surface area (Å²) in [5.41, 5.74) is 1.11. The van der Waals surface area contributed by atoms with Crippen LogP contribution in [-0.4, -0.2) is 40.8 Å². The number of ether oxygens (including phenoxy) is 1. The standard InChI is InChI=1S/C20H19Cl2N3O3S/c1-3-28-16-6-4-5-14(10-16)23-19(27)17-11-18(26)25(2)20(29-17)24-15-8-12(21)7-13(22)9-15/h4-10,17H,3,11H2,1-2H3,(H,23,27). The van der Waals surface area contributed by atoms with Crippen molar-refractivity contribution in [3.05, 3.63) is 52.5 Å². The number of nitrogens with one attached hydrogen (secondary N) is 1. The van der Waals surface area contributed by atoms with Gasteiger partial charge in [0.2, 0.25) is 11.8 Å². The number of amidine groups is 1. The molecular formula is C20H19Cl2N3O3S. The second kappa shape index (κ2) is 9.52. The molecule has 9 heteroatoms. The van der Waals surface area contributed by atoms with Crippen LogP contribution in [0.2, 0.25) is 10.0 Å². The molecule has 0 aromatic heterocycles. The first kappa shape index (κ1) is 21.5. The Kier molecular flexibility index (Phi) is 7.05. The summed E-state index contributed by atoms with van der Waals surface area (Å²) in [6, 6.07) is 12.0. The van der Waals surface area contributed by atoms with Crippen molar-refractivity contribution in [2.24, 2.45) is 4.99 Å². The Bertz CT molecular complexity index is 947. The predicted molar refractivity (Wildman–Crippen MR) is 119 cm³/mol. The molecule has 3 rings (SSSR count). The lowest BCUT2D eigenvalue weighted by molar-refractivity contribution is -0.128. The Balaban J connectivity index is 1.78. The topological polar surface area (TPSA) is 71.0 Å². The summed E-state index contributed by atoms with van der Waals surface area (Å²) in [6.45, 7) is 2.42. The number of nitrogens with zero attached hydrogens (tertiary/aromatic N) is 2. The zero-order valence-corrected chi connectivity index (χ0v) is 18.1. The molecule has 6 nitrogen and oxygen atoms in total. The second-order valence-electron chi connectivity index (χ2n) is 6.24. The largest absolute Gasteiger partial charge is 0.494 e. The average Bonchev–Trinajstić information content (AvgIpc) is 2.65. The summed E-state index contributed by atoms with van der Waals surface area (Å²) in [5, 5.41) is 3.52. The Morgan fingerprint density at radius 2 is 2.00 bits per heavy atom. The van der Waals surface area contributed by atoms with E-state index in [9.17, 15) is 9.59 Å². The summed E-state index contributed by atoms with van der Waals surface area (Å²) in [4.78, 5) is 31.1. The quantitative estimate of drug-likeness (QED) is 0.695. The average molecular weight is 452 g/mol. The van der Waals surface area contributed by atoms with Gasteiger partial charge in [-0.25, -0.2) is 4.99 Å². The zero-order chi connectivity index (χ0) is 21.0. The van der Waals surface area contributed by atoms with Crippen LogP contribution < -0.4 is 10.1 Å². The van der Waals surface area contributed by atoms with E-state index in [0.29, 0.717) is 38.9 Å². The number of hydrogen-bond acceptors (Lipinski definition) is 5. The molecule has 0 spiro atoms. The maximum atomic E-state index is 12.8. The third-order valence-corrected chi connectivity index (χ3v) is 5.72. The summed E-state index contributed by atoms with van der Waals surface area (Å²) in [5.74, 6) is 0.193. The van der Waals surface area contributed by atoms with Crippen LogP contribution >= 0.6 is 35.0 Å². The molecule has 1 aliphatic rings. The SMILES string of the molecule is CCOc1cccc(NC(=O)C2CC(=O)N(C)C(=Nc3cc(Cl)cc(Cl)c3)S2)c1. The van der Waals surface area contributed by atoms with E-state index in [0.717, 1.165) is 0 Å². The maximum absolute atomic E-state index is 12.8. The monoisotopic (exact) mass is 451 g/mol. The second-order valence-corrected chi connectivity index (χ2v) is 8.28. The summed E-state index contributed by atoms with van der Waals surface area (Å²) in [6.07, 6.45) is 0.0769. The molecule has 0 bridgehead atoms. The summed E-state index contributed by atoms with van der Waals surface area (Å²) in [7, 11) is 1.63. The first-order valence-electron chi connectivity index (χ1n) is 8.87. The fourth-order valence-corrected chi connectivity index (χ4v) is 4.24. The molecule has 0 radical (unpaired) electrons. The van der Waals surface area contributed by atoms with Gasteiger partial charge in [0.25, 0.3) is 0 Å². The van der Waals surface area contributed by atoms with Crippen molar-refractivity contribution in [1.82, 2.24) is 4.90 Å². The summed E-state index contributed by atoms with van der Waals surface area (Å²) >= 11 is 13.3. The van der Waals surface area contributed by atoms with Gasteiger partial charge in [0.1, 0.15) is 11.0 Å². The van der Waals surface area contributed by atoms with Crippen LogP contribution in [0.25, 0.3) is 0 Å². The van der Waals surface area contributed by atoms with Gasteiger partial charge < -0.3 is 10.1 Å². The van der Waals surface area contributed by atoms with E-state index in [1.54, 1.807) is 43.4 Å². The lowest BCUT2D eigenvalue weighted by Gasteiger charge is -2.28. The zero-order valence-electron chi connectivity index (χ0n) is 15.8. The Hall–Kier alpha value is -2.22. The molecule has 1 saturated heterocycles. The van der Waals surface area contributed by atoms with Crippen LogP contribution in [0.1, 0.15) is 13.3 Å². The number of benzene rings is 2. The van der Waals surface area contributed by atoms with Crippen LogP contribution in [0.15, 0.2) is 47.5 Å². The lowest BCUT2D eigenvalue weighted by atomic mass is 10.2. The highest BCUT2D eigenvalue weighted by atomic mass is 35.5. The smallest absolute Gasteiger partial charge is 0.238 e. The van der Waals surface area contributed by atoms with Gasteiger partial charge in [0, 0.05) is 35.3 Å². The van der Waals surface area contributed by atoms with E-state index in [1.807, 2.05) is 13.0 Å². The normalized spacial score (nSPS) is 18.1. The molecular weight excluding hydrogens is 433 g/mol. The molecule has 1 atom stereocenters. The molecule has 2 aromatic rings. The van der Waals surface area contributed by atoms with Gasteiger partial charge in [-0.3, -0.25) is 14.5 Å². The molecule has 1 N–H and O–H groups in total. The fourth-order valence-electron chi connectivity index (χ4n) is 2.67. The molecule has 1 fully saturated rings. The molecule has 1 aliphatic heterocycles. The van der Waals surface area contributed by atoms with Crippen molar-refractivity contribution in [1.29, 1.82) is 0 Å². The van der Waals surface area contributed by atoms with E-state index < -0.39 is 5.25 Å². The predicted octanol–water partition coefficient (Wildman–Crippen LogP) is 4.98. The number of halogens is 2. The lowest BCUT2D eigenvalue weighted by Crippen LogP contribution is -2.43. The van der Waals surface area contributed by atoms with Crippen LogP contribution in [0, 0.1) is 0 Å². The van der Waals surface area contributed by atoms with Gasteiger partial charge in [0.05, 0.1) is 12.3 Å². The highest BCUT2D eigenvalue weighted by molar-refractivity contribution is 8.15. The van der Waals surface area contributed by atoms with Gasteiger partial charge in [-0.15, -0.1) is 0 Å². The fraction of sp³-hybridized carbons (Fsp3) is 0.250. The van der Waals surface area contributed by atoms with E-state index in [2.05, 4.69) is 10.3 Å².